The Morgan fingerprint density at radius 1 is 1.14 bits per heavy atom. The molecule has 0 bridgehead atoms. The van der Waals surface area contributed by atoms with Crippen molar-refractivity contribution in [3.63, 3.8) is 0 Å². The van der Waals surface area contributed by atoms with Crippen LogP contribution in [0, 0.1) is 0 Å². The standard InChI is InChI=1S/C18H22BrNOS/c1-2-3-12-20(14-15-7-5-4-6-8-15)13-11-16(21)17-9-10-18(19)22-17/h4-10H,2-3,11-14H2,1H3. The maximum atomic E-state index is 12.3. The summed E-state index contributed by atoms with van der Waals surface area (Å²) in [6.07, 6.45) is 2.94. The highest BCUT2D eigenvalue weighted by molar-refractivity contribution is 9.11. The first kappa shape index (κ1) is 17.4. The normalized spacial score (nSPS) is 11.0. The van der Waals surface area contributed by atoms with Gasteiger partial charge in [-0.25, -0.2) is 0 Å². The molecular formula is C18H22BrNOS. The van der Waals surface area contributed by atoms with Crippen molar-refractivity contribution >= 4 is 33.0 Å². The van der Waals surface area contributed by atoms with E-state index in [1.807, 2.05) is 18.2 Å². The Labute approximate surface area is 145 Å². The fourth-order valence-electron chi connectivity index (χ4n) is 2.34. The van der Waals surface area contributed by atoms with Gasteiger partial charge in [-0.2, -0.15) is 0 Å². The molecule has 0 aliphatic heterocycles. The van der Waals surface area contributed by atoms with Gasteiger partial charge in [0.25, 0.3) is 0 Å². The van der Waals surface area contributed by atoms with E-state index in [4.69, 9.17) is 0 Å². The third kappa shape index (κ3) is 5.67. The molecule has 0 N–H and O–H groups in total. The Morgan fingerprint density at radius 3 is 2.55 bits per heavy atom. The molecule has 0 fully saturated rings. The number of unbranched alkanes of at least 4 members (excludes halogenated alkanes) is 1. The Bertz CT molecular complexity index is 582. The molecule has 0 aliphatic rings. The Balaban J connectivity index is 1.90. The van der Waals surface area contributed by atoms with Crippen molar-refractivity contribution in [3.05, 3.63) is 56.7 Å². The summed E-state index contributed by atoms with van der Waals surface area (Å²) >= 11 is 4.93. The number of carbonyl (C=O) groups is 1. The number of ketones is 1. The molecule has 118 valence electrons. The lowest BCUT2D eigenvalue weighted by molar-refractivity contribution is 0.0965. The molecule has 22 heavy (non-hydrogen) atoms. The first-order valence-corrected chi connectivity index (χ1v) is 9.35. The molecule has 0 unspecified atom stereocenters. The molecule has 0 radical (unpaired) electrons. The van der Waals surface area contributed by atoms with Crippen LogP contribution in [0.3, 0.4) is 0 Å². The van der Waals surface area contributed by atoms with Crippen molar-refractivity contribution in [2.75, 3.05) is 13.1 Å². The van der Waals surface area contributed by atoms with Crippen LogP contribution in [0.4, 0.5) is 0 Å². The minimum Gasteiger partial charge on any atom is -0.299 e. The van der Waals surface area contributed by atoms with Crippen molar-refractivity contribution < 1.29 is 4.79 Å². The molecule has 0 amide bonds. The predicted molar refractivity (Wildman–Crippen MR) is 97.6 cm³/mol. The van der Waals surface area contributed by atoms with Gasteiger partial charge in [0.15, 0.2) is 5.78 Å². The van der Waals surface area contributed by atoms with Gasteiger partial charge < -0.3 is 0 Å². The number of hydrogen-bond acceptors (Lipinski definition) is 3. The third-order valence-corrected chi connectivity index (χ3v) is 5.24. The van der Waals surface area contributed by atoms with Gasteiger partial charge in [0.1, 0.15) is 0 Å². The van der Waals surface area contributed by atoms with Crippen LogP contribution >= 0.6 is 27.3 Å². The molecule has 0 aliphatic carbocycles. The minimum atomic E-state index is 0.241. The molecule has 0 saturated carbocycles. The maximum absolute atomic E-state index is 12.3. The van der Waals surface area contributed by atoms with Crippen LogP contribution in [0.2, 0.25) is 0 Å². The molecule has 1 heterocycles. The largest absolute Gasteiger partial charge is 0.299 e. The summed E-state index contributed by atoms with van der Waals surface area (Å²) in [5, 5.41) is 0. The van der Waals surface area contributed by atoms with Crippen LogP contribution in [-0.4, -0.2) is 23.8 Å². The highest BCUT2D eigenvalue weighted by Gasteiger charge is 2.12. The van der Waals surface area contributed by atoms with E-state index in [0.717, 1.165) is 28.3 Å². The highest BCUT2D eigenvalue weighted by atomic mass is 79.9. The zero-order chi connectivity index (χ0) is 15.8. The van der Waals surface area contributed by atoms with E-state index in [9.17, 15) is 4.79 Å². The quantitative estimate of drug-likeness (QED) is 0.544. The second-order valence-electron chi connectivity index (χ2n) is 5.39. The lowest BCUT2D eigenvalue weighted by Gasteiger charge is -2.21. The molecule has 1 aromatic carbocycles. The molecular weight excluding hydrogens is 358 g/mol. The van der Waals surface area contributed by atoms with Crippen LogP contribution in [0.25, 0.3) is 0 Å². The fraction of sp³-hybridized carbons (Fsp3) is 0.389. The zero-order valence-corrected chi connectivity index (χ0v) is 15.3. The summed E-state index contributed by atoms with van der Waals surface area (Å²) in [7, 11) is 0. The van der Waals surface area contributed by atoms with Gasteiger partial charge in [0, 0.05) is 19.5 Å². The fourth-order valence-corrected chi connectivity index (χ4v) is 3.69. The smallest absolute Gasteiger partial charge is 0.174 e. The van der Waals surface area contributed by atoms with E-state index in [1.165, 1.54) is 29.7 Å². The van der Waals surface area contributed by atoms with Gasteiger partial charge >= 0.3 is 0 Å². The predicted octanol–water partition coefficient (Wildman–Crippen LogP) is 5.39. The van der Waals surface area contributed by atoms with Gasteiger partial charge in [-0.15, -0.1) is 11.3 Å². The van der Waals surface area contributed by atoms with Crippen LogP contribution < -0.4 is 0 Å². The van der Waals surface area contributed by atoms with Crippen LogP contribution in [-0.2, 0) is 6.54 Å². The van der Waals surface area contributed by atoms with E-state index in [-0.39, 0.29) is 5.78 Å². The third-order valence-electron chi connectivity index (χ3n) is 3.58. The molecule has 2 rings (SSSR count). The number of thiophene rings is 1. The molecule has 1 aromatic heterocycles. The van der Waals surface area contributed by atoms with E-state index in [1.54, 1.807) is 0 Å². The first-order valence-electron chi connectivity index (χ1n) is 7.74. The van der Waals surface area contributed by atoms with E-state index in [2.05, 4.69) is 52.0 Å². The molecule has 0 spiro atoms. The SMILES string of the molecule is CCCCN(CCC(=O)c1ccc(Br)s1)Cc1ccccc1. The lowest BCUT2D eigenvalue weighted by atomic mass is 10.1. The summed E-state index contributed by atoms with van der Waals surface area (Å²) in [5.74, 6) is 0.241. The number of Topliss-reactive ketones (excluding diaryl/α,β-unsaturated/α-hetero) is 1. The summed E-state index contributed by atoms with van der Waals surface area (Å²) in [5.41, 5.74) is 1.31. The second-order valence-corrected chi connectivity index (χ2v) is 7.86. The Kier molecular flexibility index (Phi) is 7.30. The Morgan fingerprint density at radius 2 is 1.91 bits per heavy atom. The summed E-state index contributed by atoms with van der Waals surface area (Å²) < 4.78 is 1.02. The summed E-state index contributed by atoms with van der Waals surface area (Å²) in [4.78, 5) is 15.5. The molecule has 0 atom stereocenters. The minimum absolute atomic E-state index is 0.241. The molecule has 2 nitrogen and oxygen atoms in total. The molecule has 0 saturated heterocycles. The van der Waals surface area contributed by atoms with Crippen molar-refractivity contribution in [2.45, 2.75) is 32.7 Å². The summed E-state index contributed by atoms with van der Waals surface area (Å²) in [6, 6.07) is 14.3. The molecule has 2 aromatic rings. The van der Waals surface area contributed by atoms with Crippen molar-refractivity contribution in [1.82, 2.24) is 4.90 Å². The van der Waals surface area contributed by atoms with E-state index >= 15 is 0 Å². The van der Waals surface area contributed by atoms with Crippen LogP contribution in [0.15, 0.2) is 46.3 Å². The number of benzene rings is 1. The second kappa shape index (κ2) is 9.23. The summed E-state index contributed by atoms with van der Waals surface area (Å²) in [6.45, 7) is 4.99. The van der Waals surface area contributed by atoms with Crippen molar-refractivity contribution in [2.24, 2.45) is 0 Å². The van der Waals surface area contributed by atoms with E-state index in [0.29, 0.717) is 6.42 Å². The highest BCUT2D eigenvalue weighted by Crippen LogP contribution is 2.23. The number of hydrogen-bond donors (Lipinski definition) is 0. The first-order chi connectivity index (χ1) is 10.7. The van der Waals surface area contributed by atoms with Gasteiger partial charge in [0.2, 0.25) is 0 Å². The average molecular weight is 380 g/mol. The van der Waals surface area contributed by atoms with Gasteiger partial charge in [-0.05, 0) is 46.6 Å². The van der Waals surface area contributed by atoms with Gasteiger partial charge in [-0.3, -0.25) is 9.69 Å². The monoisotopic (exact) mass is 379 g/mol. The van der Waals surface area contributed by atoms with Gasteiger partial charge in [0.05, 0.1) is 8.66 Å². The van der Waals surface area contributed by atoms with Crippen molar-refractivity contribution in [3.8, 4) is 0 Å². The van der Waals surface area contributed by atoms with E-state index < -0.39 is 0 Å². The zero-order valence-electron chi connectivity index (χ0n) is 12.9. The van der Waals surface area contributed by atoms with Crippen LogP contribution in [0.1, 0.15) is 41.4 Å². The average Bonchev–Trinajstić information content (AvgIpc) is 2.97. The number of nitrogens with zero attached hydrogens (tertiary/aromatic N) is 1. The lowest BCUT2D eigenvalue weighted by Crippen LogP contribution is -2.27. The topological polar surface area (TPSA) is 20.3 Å². The maximum Gasteiger partial charge on any atom is 0.174 e. The number of rotatable bonds is 9. The van der Waals surface area contributed by atoms with Gasteiger partial charge in [-0.1, -0.05) is 43.7 Å². The Hall–Kier alpha value is -0.970. The van der Waals surface area contributed by atoms with Crippen molar-refractivity contribution in [1.29, 1.82) is 0 Å². The number of halogens is 1. The van der Waals surface area contributed by atoms with Crippen LogP contribution in [0.5, 0.6) is 0 Å². The number of carbonyl (C=O) groups excluding carboxylic acids is 1. The molecule has 4 heteroatoms.